The first kappa shape index (κ1) is 21.7. The van der Waals surface area contributed by atoms with Crippen molar-refractivity contribution in [1.82, 2.24) is 10.0 Å². The zero-order chi connectivity index (χ0) is 19.9. The van der Waals surface area contributed by atoms with Crippen molar-refractivity contribution >= 4 is 21.6 Å². The second-order valence-electron chi connectivity index (χ2n) is 7.47. The van der Waals surface area contributed by atoms with Gasteiger partial charge < -0.3 is 10.2 Å². The smallest absolute Gasteiger partial charge is 0.223 e. The summed E-state index contributed by atoms with van der Waals surface area (Å²) in [5.74, 6) is 0.0703. The summed E-state index contributed by atoms with van der Waals surface area (Å²) in [4.78, 5) is 14.7. The van der Waals surface area contributed by atoms with Gasteiger partial charge in [-0.1, -0.05) is 18.2 Å². The van der Waals surface area contributed by atoms with Gasteiger partial charge in [0.25, 0.3) is 0 Å². The van der Waals surface area contributed by atoms with Gasteiger partial charge in [-0.3, -0.25) is 4.79 Å². The molecule has 27 heavy (non-hydrogen) atoms. The van der Waals surface area contributed by atoms with Crippen molar-refractivity contribution in [2.24, 2.45) is 5.92 Å². The van der Waals surface area contributed by atoms with Crippen molar-refractivity contribution in [2.45, 2.75) is 57.7 Å². The lowest BCUT2D eigenvalue weighted by atomic mass is 9.86. The summed E-state index contributed by atoms with van der Waals surface area (Å²) >= 11 is 0. The number of sulfonamides is 1. The van der Waals surface area contributed by atoms with Crippen molar-refractivity contribution in [3.63, 3.8) is 0 Å². The molecule has 1 saturated carbocycles. The second-order valence-corrected chi connectivity index (χ2v) is 9.73. The SMILES string of the molecule is CCN(CCNC(=O)C1CCC(NS(=O)(=O)C(C)C)CC1)c1ccccc1. The molecule has 0 aromatic heterocycles. The fourth-order valence-corrected chi connectivity index (χ4v) is 4.38. The van der Waals surface area contributed by atoms with E-state index in [4.69, 9.17) is 0 Å². The van der Waals surface area contributed by atoms with Gasteiger partial charge in [-0.25, -0.2) is 13.1 Å². The molecule has 152 valence electrons. The first-order chi connectivity index (χ1) is 12.8. The third-order valence-corrected chi connectivity index (χ3v) is 7.14. The summed E-state index contributed by atoms with van der Waals surface area (Å²) in [5, 5.41) is 2.62. The van der Waals surface area contributed by atoms with Gasteiger partial charge in [0, 0.05) is 37.3 Å². The molecule has 0 heterocycles. The van der Waals surface area contributed by atoms with E-state index in [1.807, 2.05) is 18.2 Å². The molecule has 6 nitrogen and oxygen atoms in total. The van der Waals surface area contributed by atoms with Crippen LogP contribution in [-0.2, 0) is 14.8 Å². The van der Waals surface area contributed by atoms with Gasteiger partial charge in [0.2, 0.25) is 15.9 Å². The number of amides is 1. The average molecular weight is 396 g/mol. The maximum atomic E-state index is 12.4. The van der Waals surface area contributed by atoms with Crippen LogP contribution in [0.25, 0.3) is 0 Å². The van der Waals surface area contributed by atoms with Crippen molar-refractivity contribution in [3.05, 3.63) is 30.3 Å². The normalized spacial score (nSPS) is 20.4. The fraction of sp³-hybridized carbons (Fsp3) is 0.650. The molecule has 0 bridgehead atoms. The van der Waals surface area contributed by atoms with E-state index in [-0.39, 0.29) is 17.9 Å². The van der Waals surface area contributed by atoms with Crippen LogP contribution in [-0.4, -0.2) is 45.3 Å². The number of hydrogen-bond acceptors (Lipinski definition) is 4. The molecule has 2 rings (SSSR count). The van der Waals surface area contributed by atoms with Crippen LogP contribution >= 0.6 is 0 Å². The quantitative estimate of drug-likeness (QED) is 0.673. The third-order valence-electron chi connectivity index (χ3n) is 5.23. The number of anilines is 1. The number of carbonyl (C=O) groups excluding carboxylic acids is 1. The number of hydrogen-bond donors (Lipinski definition) is 2. The lowest BCUT2D eigenvalue weighted by Gasteiger charge is -2.29. The summed E-state index contributed by atoms with van der Waals surface area (Å²) in [6, 6.07) is 10.1. The zero-order valence-electron chi connectivity index (χ0n) is 16.6. The summed E-state index contributed by atoms with van der Waals surface area (Å²) < 4.78 is 26.7. The number of likely N-dealkylation sites (N-methyl/N-ethyl adjacent to an activating group) is 1. The van der Waals surface area contributed by atoms with Gasteiger partial charge in [0.05, 0.1) is 5.25 Å². The van der Waals surface area contributed by atoms with Gasteiger partial charge in [-0.05, 0) is 58.6 Å². The topological polar surface area (TPSA) is 78.5 Å². The molecule has 0 aliphatic heterocycles. The number of para-hydroxylation sites is 1. The van der Waals surface area contributed by atoms with Gasteiger partial charge in [-0.2, -0.15) is 0 Å². The van der Waals surface area contributed by atoms with E-state index in [0.717, 1.165) is 44.5 Å². The van der Waals surface area contributed by atoms with E-state index in [2.05, 4.69) is 34.0 Å². The molecular formula is C20H33N3O3S. The Bertz CT molecular complexity index is 684. The highest BCUT2D eigenvalue weighted by Crippen LogP contribution is 2.25. The van der Waals surface area contributed by atoms with Crippen molar-refractivity contribution in [1.29, 1.82) is 0 Å². The predicted octanol–water partition coefficient (Wildman–Crippen LogP) is 2.52. The highest BCUT2D eigenvalue weighted by Gasteiger charge is 2.29. The number of nitrogens with zero attached hydrogens (tertiary/aromatic N) is 1. The molecule has 1 aliphatic carbocycles. The van der Waals surface area contributed by atoms with Gasteiger partial charge in [-0.15, -0.1) is 0 Å². The van der Waals surface area contributed by atoms with Crippen LogP contribution in [0.15, 0.2) is 30.3 Å². The standard InChI is InChI=1S/C20H33N3O3S/c1-4-23(19-8-6-5-7-9-19)15-14-21-20(24)17-10-12-18(13-11-17)22-27(25,26)16(2)3/h5-9,16-18,22H,4,10-15H2,1-3H3,(H,21,24). The highest BCUT2D eigenvalue weighted by atomic mass is 32.2. The van der Waals surface area contributed by atoms with Crippen LogP contribution in [0.3, 0.4) is 0 Å². The number of rotatable bonds is 9. The molecule has 1 aromatic carbocycles. The zero-order valence-corrected chi connectivity index (χ0v) is 17.5. The van der Waals surface area contributed by atoms with Crippen molar-refractivity contribution in [2.75, 3.05) is 24.5 Å². The second kappa shape index (κ2) is 10.1. The fourth-order valence-electron chi connectivity index (χ4n) is 3.41. The van der Waals surface area contributed by atoms with E-state index >= 15 is 0 Å². The summed E-state index contributed by atoms with van der Waals surface area (Å²) in [6.07, 6.45) is 2.89. The Morgan fingerprint density at radius 1 is 1.15 bits per heavy atom. The molecule has 7 heteroatoms. The first-order valence-corrected chi connectivity index (χ1v) is 11.5. The molecule has 1 aliphatic rings. The predicted molar refractivity (Wildman–Crippen MR) is 110 cm³/mol. The number of nitrogens with one attached hydrogen (secondary N) is 2. The Labute approximate surface area is 163 Å². The minimum absolute atomic E-state index is 0.0170. The third kappa shape index (κ3) is 6.50. The number of benzene rings is 1. The average Bonchev–Trinajstić information content (AvgIpc) is 2.66. The minimum atomic E-state index is -3.24. The Hall–Kier alpha value is -1.60. The highest BCUT2D eigenvalue weighted by molar-refractivity contribution is 7.90. The van der Waals surface area contributed by atoms with Crippen molar-refractivity contribution in [3.8, 4) is 0 Å². The largest absolute Gasteiger partial charge is 0.370 e. The Morgan fingerprint density at radius 2 is 1.78 bits per heavy atom. The van der Waals surface area contributed by atoms with Crippen molar-refractivity contribution < 1.29 is 13.2 Å². The van der Waals surface area contributed by atoms with Crippen LogP contribution in [0.2, 0.25) is 0 Å². The van der Waals surface area contributed by atoms with Crippen LogP contribution in [0.4, 0.5) is 5.69 Å². The summed E-state index contributed by atoms with van der Waals surface area (Å²) in [7, 11) is -3.24. The molecule has 1 fully saturated rings. The first-order valence-electron chi connectivity index (χ1n) is 9.92. The number of carbonyl (C=O) groups is 1. The molecule has 0 radical (unpaired) electrons. The van der Waals surface area contributed by atoms with Crippen LogP contribution in [0.5, 0.6) is 0 Å². The molecule has 1 amide bonds. The lowest BCUT2D eigenvalue weighted by molar-refractivity contribution is -0.125. The monoisotopic (exact) mass is 395 g/mol. The van der Waals surface area contributed by atoms with Gasteiger partial charge in [0.15, 0.2) is 0 Å². The van der Waals surface area contributed by atoms with E-state index in [0.29, 0.717) is 6.54 Å². The lowest BCUT2D eigenvalue weighted by Crippen LogP contribution is -2.43. The Morgan fingerprint density at radius 3 is 2.33 bits per heavy atom. The molecule has 0 spiro atoms. The minimum Gasteiger partial charge on any atom is -0.370 e. The van der Waals surface area contributed by atoms with Gasteiger partial charge in [0.1, 0.15) is 0 Å². The molecular weight excluding hydrogens is 362 g/mol. The van der Waals surface area contributed by atoms with Crippen LogP contribution in [0.1, 0.15) is 46.5 Å². The van der Waals surface area contributed by atoms with Crippen LogP contribution in [0, 0.1) is 5.92 Å². The molecule has 0 atom stereocenters. The molecule has 0 unspecified atom stereocenters. The van der Waals surface area contributed by atoms with E-state index in [1.165, 1.54) is 0 Å². The summed E-state index contributed by atoms with van der Waals surface area (Å²) in [6.45, 7) is 7.74. The maximum Gasteiger partial charge on any atom is 0.223 e. The molecule has 1 aromatic rings. The summed E-state index contributed by atoms with van der Waals surface area (Å²) in [5.41, 5.74) is 1.16. The van der Waals surface area contributed by atoms with E-state index < -0.39 is 15.3 Å². The van der Waals surface area contributed by atoms with E-state index in [1.54, 1.807) is 13.8 Å². The van der Waals surface area contributed by atoms with Crippen LogP contribution < -0.4 is 14.9 Å². The van der Waals surface area contributed by atoms with Gasteiger partial charge >= 0.3 is 0 Å². The molecule has 0 saturated heterocycles. The Balaban J connectivity index is 1.73. The Kier molecular flexibility index (Phi) is 8.10. The van der Waals surface area contributed by atoms with E-state index in [9.17, 15) is 13.2 Å². The molecule has 2 N–H and O–H groups in total. The maximum absolute atomic E-state index is 12.4.